The van der Waals surface area contributed by atoms with E-state index in [2.05, 4.69) is 10.4 Å². The molecule has 1 fully saturated rings. The molecule has 1 aromatic rings. The van der Waals surface area contributed by atoms with E-state index in [-0.39, 0.29) is 11.9 Å². The summed E-state index contributed by atoms with van der Waals surface area (Å²) in [6, 6.07) is 0.206. The van der Waals surface area contributed by atoms with Crippen molar-refractivity contribution in [2.75, 3.05) is 0 Å². The second-order valence-corrected chi connectivity index (χ2v) is 5.58. The number of primary amides is 1. The topological polar surface area (TPSA) is 72.9 Å². The van der Waals surface area contributed by atoms with Crippen LogP contribution in [0.25, 0.3) is 0 Å². The predicted octanol–water partition coefficient (Wildman–Crippen LogP) is 1.33. The van der Waals surface area contributed by atoms with Crippen LogP contribution in [0, 0.1) is 5.92 Å². The summed E-state index contributed by atoms with van der Waals surface area (Å²) in [6.45, 7) is 0.752. The normalized spacial score (nSPS) is 18.4. The number of carbonyl (C=O) groups is 1. The van der Waals surface area contributed by atoms with E-state index in [0.29, 0.717) is 12.3 Å². The van der Waals surface area contributed by atoms with Gasteiger partial charge in [0, 0.05) is 37.8 Å². The summed E-state index contributed by atoms with van der Waals surface area (Å²) in [6.07, 6.45) is 10.6. The highest BCUT2D eigenvalue weighted by atomic mass is 16.1. The number of hydrogen-bond acceptors (Lipinski definition) is 3. The molecule has 1 unspecified atom stereocenters. The van der Waals surface area contributed by atoms with Crippen LogP contribution in [0.1, 0.15) is 44.1 Å². The van der Waals surface area contributed by atoms with Gasteiger partial charge in [-0.3, -0.25) is 9.48 Å². The molecule has 0 radical (unpaired) electrons. The Kier molecular flexibility index (Phi) is 4.96. The zero-order valence-corrected chi connectivity index (χ0v) is 11.6. The number of carbonyl (C=O) groups excluding carboxylic acids is 1. The standard InChI is InChI=1S/C14H24N4O/c1-18-10-11(9-17-18)8-16-13(7-14(15)19)12-5-3-2-4-6-12/h9-10,12-13,16H,2-8H2,1H3,(H2,15,19). The first kappa shape index (κ1) is 14.1. The highest BCUT2D eigenvalue weighted by Crippen LogP contribution is 2.27. The number of rotatable bonds is 6. The van der Waals surface area contributed by atoms with E-state index < -0.39 is 0 Å². The van der Waals surface area contributed by atoms with E-state index in [4.69, 9.17) is 5.73 Å². The van der Waals surface area contributed by atoms with Crippen molar-refractivity contribution >= 4 is 5.91 Å². The Bertz CT molecular complexity index is 409. The molecule has 1 amide bonds. The van der Waals surface area contributed by atoms with E-state index in [1.54, 1.807) is 4.68 Å². The summed E-state index contributed by atoms with van der Waals surface area (Å²) in [7, 11) is 1.91. The Morgan fingerprint density at radius 3 is 2.84 bits per heavy atom. The third-order valence-electron chi connectivity index (χ3n) is 3.97. The Hall–Kier alpha value is -1.36. The minimum atomic E-state index is -0.214. The van der Waals surface area contributed by atoms with Crippen LogP contribution in [0.15, 0.2) is 12.4 Å². The predicted molar refractivity (Wildman–Crippen MR) is 74.2 cm³/mol. The molecule has 106 valence electrons. The summed E-state index contributed by atoms with van der Waals surface area (Å²) < 4.78 is 1.79. The number of amides is 1. The number of nitrogens with two attached hydrogens (primary N) is 1. The van der Waals surface area contributed by atoms with Gasteiger partial charge in [-0.2, -0.15) is 5.10 Å². The van der Waals surface area contributed by atoms with Crippen LogP contribution >= 0.6 is 0 Å². The quantitative estimate of drug-likeness (QED) is 0.814. The minimum Gasteiger partial charge on any atom is -0.370 e. The molecule has 5 nitrogen and oxygen atoms in total. The van der Waals surface area contributed by atoms with Gasteiger partial charge in [0.25, 0.3) is 0 Å². The molecule has 3 N–H and O–H groups in total. The van der Waals surface area contributed by atoms with Crippen LogP contribution in [0.3, 0.4) is 0 Å². The molecular formula is C14H24N4O. The summed E-state index contributed by atoms with van der Waals surface area (Å²) in [5.41, 5.74) is 6.52. The van der Waals surface area contributed by atoms with Crippen molar-refractivity contribution in [3.8, 4) is 0 Å². The monoisotopic (exact) mass is 264 g/mol. The lowest BCUT2D eigenvalue weighted by molar-refractivity contribution is -0.118. The molecular weight excluding hydrogens is 240 g/mol. The molecule has 5 heteroatoms. The maximum Gasteiger partial charge on any atom is 0.218 e. The Morgan fingerprint density at radius 2 is 2.26 bits per heavy atom. The molecule has 1 heterocycles. The molecule has 0 aliphatic heterocycles. The highest BCUT2D eigenvalue weighted by Gasteiger charge is 2.24. The van der Waals surface area contributed by atoms with Gasteiger partial charge in [-0.1, -0.05) is 19.3 Å². The van der Waals surface area contributed by atoms with Crippen molar-refractivity contribution in [1.82, 2.24) is 15.1 Å². The summed E-state index contributed by atoms with van der Waals surface area (Å²) in [5, 5.41) is 7.65. The first-order valence-electron chi connectivity index (χ1n) is 7.14. The molecule has 1 atom stereocenters. The van der Waals surface area contributed by atoms with Crippen LogP contribution in [-0.4, -0.2) is 21.7 Å². The number of nitrogens with one attached hydrogen (secondary N) is 1. The fourth-order valence-electron chi connectivity index (χ4n) is 2.97. The van der Waals surface area contributed by atoms with Crippen LogP contribution in [-0.2, 0) is 18.4 Å². The Morgan fingerprint density at radius 1 is 1.53 bits per heavy atom. The fourth-order valence-corrected chi connectivity index (χ4v) is 2.97. The average molecular weight is 264 g/mol. The lowest BCUT2D eigenvalue weighted by atomic mass is 9.82. The highest BCUT2D eigenvalue weighted by molar-refractivity contribution is 5.74. The fraction of sp³-hybridized carbons (Fsp3) is 0.714. The number of nitrogens with zero attached hydrogens (tertiary/aromatic N) is 2. The van der Waals surface area contributed by atoms with Gasteiger partial charge in [0.15, 0.2) is 0 Å². The number of aromatic nitrogens is 2. The molecule has 1 aliphatic rings. The third kappa shape index (κ3) is 4.35. The van der Waals surface area contributed by atoms with Crippen molar-refractivity contribution < 1.29 is 4.79 Å². The number of aryl methyl sites for hydroxylation is 1. The van der Waals surface area contributed by atoms with Crippen LogP contribution < -0.4 is 11.1 Å². The molecule has 1 aromatic heterocycles. The Labute approximate surface area is 114 Å². The van der Waals surface area contributed by atoms with E-state index in [1.165, 1.54) is 32.1 Å². The molecule has 1 aliphatic carbocycles. The van der Waals surface area contributed by atoms with Gasteiger partial charge >= 0.3 is 0 Å². The molecule has 2 rings (SSSR count). The second-order valence-electron chi connectivity index (χ2n) is 5.58. The summed E-state index contributed by atoms with van der Waals surface area (Å²) in [5.74, 6) is 0.368. The van der Waals surface area contributed by atoms with E-state index in [9.17, 15) is 4.79 Å². The first-order valence-corrected chi connectivity index (χ1v) is 7.14. The van der Waals surface area contributed by atoms with Gasteiger partial charge in [-0.25, -0.2) is 0 Å². The first-order chi connectivity index (χ1) is 9.15. The van der Waals surface area contributed by atoms with Gasteiger partial charge in [-0.15, -0.1) is 0 Å². The van der Waals surface area contributed by atoms with Crippen LogP contribution in [0.4, 0.5) is 0 Å². The Balaban J connectivity index is 1.90. The second kappa shape index (κ2) is 6.70. The smallest absolute Gasteiger partial charge is 0.218 e. The van der Waals surface area contributed by atoms with Gasteiger partial charge in [0.05, 0.1) is 6.20 Å². The van der Waals surface area contributed by atoms with Crippen molar-refractivity contribution in [2.45, 2.75) is 51.1 Å². The van der Waals surface area contributed by atoms with Gasteiger partial charge in [-0.05, 0) is 18.8 Å². The van der Waals surface area contributed by atoms with Crippen molar-refractivity contribution in [2.24, 2.45) is 18.7 Å². The van der Waals surface area contributed by atoms with Crippen molar-refractivity contribution in [1.29, 1.82) is 0 Å². The lowest BCUT2D eigenvalue weighted by Gasteiger charge is -2.30. The van der Waals surface area contributed by atoms with Crippen LogP contribution in [0.2, 0.25) is 0 Å². The molecule has 0 spiro atoms. The van der Waals surface area contributed by atoms with E-state index in [1.807, 2.05) is 19.4 Å². The molecule has 0 aromatic carbocycles. The van der Waals surface area contributed by atoms with E-state index >= 15 is 0 Å². The molecule has 0 saturated heterocycles. The summed E-state index contributed by atoms with van der Waals surface area (Å²) >= 11 is 0. The van der Waals surface area contributed by atoms with Gasteiger partial charge < -0.3 is 11.1 Å². The van der Waals surface area contributed by atoms with E-state index in [0.717, 1.165) is 12.1 Å². The van der Waals surface area contributed by atoms with Gasteiger partial charge in [0.1, 0.15) is 0 Å². The minimum absolute atomic E-state index is 0.206. The lowest BCUT2D eigenvalue weighted by Crippen LogP contribution is -2.40. The number of hydrogen-bond donors (Lipinski definition) is 2. The summed E-state index contributed by atoms with van der Waals surface area (Å²) in [4.78, 5) is 11.2. The average Bonchev–Trinajstić information content (AvgIpc) is 2.81. The maximum atomic E-state index is 11.2. The van der Waals surface area contributed by atoms with Crippen molar-refractivity contribution in [3.63, 3.8) is 0 Å². The molecule has 0 bridgehead atoms. The zero-order valence-electron chi connectivity index (χ0n) is 11.6. The largest absolute Gasteiger partial charge is 0.370 e. The van der Waals surface area contributed by atoms with Crippen molar-refractivity contribution in [3.05, 3.63) is 18.0 Å². The van der Waals surface area contributed by atoms with Gasteiger partial charge in [0.2, 0.25) is 5.91 Å². The van der Waals surface area contributed by atoms with Crippen LogP contribution in [0.5, 0.6) is 0 Å². The SMILES string of the molecule is Cn1cc(CNC(CC(N)=O)C2CCCCC2)cn1. The zero-order chi connectivity index (χ0) is 13.7. The molecule has 1 saturated carbocycles. The maximum absolute atomic E-state index is 11.2. The molecule has 19 heavy (non-hydrogen) atoms. The third-order valence-corrected chi connectivity index (χ3v) is 3.97.